The van der Waals surface area contributed by atoms with Crippen molar-refractivity contribution in [2.45, 2.75) is 11.4 Å². The molecule has 0 aliphatic heterocycles. The Balaban J connectivity index is 1.57. The standard InChI is InChI=1S/C20H19N3O5S/c24-19(21-13-17-8-5-11-28-17)14-22-20(25)15-6-4-7-16(12-15)23-29(26,27)18-9-2-1-3-10-18/h1-12,23H,13-14H2,(H,21,24)(H,22,25). The van der Waals surface area contributed by atoms with E-state index in [1.165, 1.54) is 36.6 Å². The summed E-state index contributed by atoms with van der Waals surface area (Å²) in [7, 11) is -3.77. The van der Waals surface area contributed by atoms with E-state index in [1.807, 2.05) is 0 Å². The molecular weight excluding hydrogens is 394 g/mol. The highest BCUT2D eigenvalue weighted by Gasteiger charge is 2.15. The average Bonchev–Trinajstić information content (AvgIpc) is 3.25. The van der Waals surface area contributed by atoms with Gasteiger partial charge in [0.1, 0.15) is 5.76 Å². The molecule has 8 nitrogen and oxygen atoms in total. The van der Waals surface area contributed by atoms with E-state index >= 15 is 0 Å². The summed E-state index contributed by atoms with van der Waals surface area (Å²) in [6.45, 7) is -0.00202. The summed E-state index contributed by atoms with van der Waals surface area (Å²) in [5.74, 6) is -0.280. The number of benzene rings is 2. The zero-order valence-electron chi connectivity index (χ0n) is 15.3. The van der Waals surface area contributed by atoms with Crippen LogP contribution < -0.4 is 15.4 Å². The Bertz CT molecular complexity index is 1080. The number of furan rings is 1. The fourth-order valence-electron chi connectivity index (χ4n) is 2.46. The van der Waals surface area contributed by atoms with E-state index in [1.54, 1.807) is 36.4 Å². The minimum Gasteiger partial charge on any atom is -0.467 e. The molecule has 0 aliphatic carbocycles. The van der Waals surface area contributed by atoms with E-state index in [0.717, 1.165) is 0 Å². The molecule has 3 rings (SSSR count). The summed E-state index contributed by atoms with van der Waals surface area (Å²) < 4.78 is 32.3. The minimum atomic E-state index is -3.77. The van der Waals surface area contributed by atoms with Crippen LogP contribution in [-0.4, -0.2) is 26.8 Å². The van der Waals surface area contributed by atoms with Gasteiger partial charge in [0.2, 0.25) is 5.91 Å². The van der Waals surface area contributed by atoms with Gasteiger partial charge in [0.15, 0.2) is 0 Å². The number of sulfonamides is 1. The SMILES string of the molecule is O=C(CNC(=O)c1cccc(NS(=O)(=O)c2ccccc2)c1)NCc1ccco1. The fourth-order valence-corrected chi connectivity index (χ4v) is 3.53. The molecule has 150 valence electrons. The molecule has 0 aliphatic rings. The molecule has 0 saturated heterocycles. The predicted molar refractivity (Wildman–Crippen MR) is 107 cm³/mol. The van der Waals surface area contributed by atoms with E-state index in [0.29, 0.717) is 5.76 Å². The summed E-state index contributed by atoms with van der Waals surface area (Å²) in [5.41, 5.74) is 0.459. The van der Waals surface area contributed by atoms with Gasteiger partial charge in [0, 0.05) is 11.3 Å². The van der Waals surface area contributed by atoms with Crippen LogP contribution in [0.5, 0.6) is 0 Å². The van der Waals surface area contributed by atoms with Gasteiger partial charge in [0.25, 0.3) is 15.9 Å². The second-order valence-electron chi connectivity index (χ2n) is 6.04. The Morgan fingerprint density at radius 2 is 1.69 bits per heavy atom. The quantitative estimate of drug-likeness (QED) is 0.523. The van der Waals surface area contributed by atoms with Crippen LogP contribution in [0.2, 0.25) is 0 Å². The molecule has 0 bridgehead atoms. The zero-order chi connectivity index (χ0) is 20.7. The summed E-state index contributed by atoms with van der Waals surface area (Å²) in [5, 5.41) is 5.11. The van der Waals surface area contributed by atoms with Crippen molar-refractivity contribution in [3.8, 4) is 0 Å². The van der Waals surface area contributed by atoms with Crippen LogP contribution in [0, 0.1) is 0 Å². The summed E-state index contributed by atoms with van der Waals surface area (Å²) in [6, 6.07) is 17.3. The maximum absolute atomic E-state index is 12.4. The van der Waals surface area contributed by atoms with Crippen molar-refractivity contribution in [1.82, 2.24) is 10.6 Å². The first-order chi connectivity index (χ1) is 13.9. The Morgan fingerprint density at radius 1 is 0.897 bits per heavy atom. The minimum absolute atomic E-state index is 0.114. The average molecular weight is 413 g/mol. The van der Waals surface area contributed by atoms with Crippen molar-refractivity contribution in [3.63, 3.8) is 0 Å². The molecule has 3 aromatic rings. The van der Waals surface area contributed by atoms with Gasteiger partial charge in [-0.3, -0.25) is 14.3 Å². The van der Waals surface area contributed by atoms with Crippen LogP contribution in [0.25, 0.3) is 0 Å². The Hall–Kier alpha value is -3.59. The van der Waals surface area contributed by atoms with Crippen LogP contribution in [0.1, 0.15) is 16.1 Å². The van der Waals surface area contributed by atoms with Gasteiger partial charge in [-0.05, 0) is 42.5 Å². The number of amides is 2. The van der Waals surface area contributed by atoms with Gasteiger partial charge in [-0.1, -0.05) is 24.3 Å². The molecule has 29 heavy (non-hydrogen) atoms. The third-order valence-electron chi connectivity index (χ3n) is 3.88. The second-order valence-corrected chi connectivity index (χ2v) is 7.72. The van der Waals surface area contributed by atoms with Crippen molar-refractivity contribution >= 4 is 27.5 Å². The molecule has 0 radical (unpaired) electrons. The third kappa shape index (κ3) is 5.69. The van der Waals surface area contributed by atoms with Gasteiger partial charge in [0.05, 0.1) is 24.2 Å². The maximum Gasteiger partial charge on any atom is 0.261 e. The lowest BCUT2D eigenvalue weighted by atomic mass is 10.2. The second kappa shape index (κ2) is 9.07. The maximum atomic E-state index is 12.4. The highest BCUT2D eigenvalue weighted by atomic mass is 32.2. The Kier molecular flexibility index (Phi) is 6.30. The molecule has 0 spiro atoms. The van der Waals surface area contributed by atoms with E-state index in [4.69, 9.17) is 4.42 Å². The van der Waals surface area contributed by atoms with Crippen LogP contribution in [0.4, 0.5) is 5.69 Å². The molecule has 2 amide bonds. The molecule has 0 atom stereocenters. The lowest BCUT2D eigenvalue weighted by Gasteiger charge is -2.10. The van der Waals surface area contributed by atoms with Crippen molar-refractivity contribution in [3.05, 3.63) is 84.3 Å². The molecule has 0 fully saturated rings. The number of hydrogen-bond donors (Lipinski definition) is 3. The summed E-state index contributed by atoms with van der Waals surface area (Å²) in [4.78, 5) is 24.2. The van der Waals surface area contributed by atoms with Crippen molar-refractivity contribution in [1.29, 1.82) is 0 Å². The normalized spacial score (nSPS) is 10.9. The topological polar surface area (TPSA) is 118 Å². The van der Waals surface area contributed by atoms with Crippen LogP contribution in [-0.2, 0) is 21.4 Å². The van der Waals surface area contributed by atoms with Gasteiger partial charge in [-0.25, -0.2) is 8.42 Å². The Morgan fingerprint density at radius 3 is 2.41 bits per heavy atom. The molecule has 1 aromatic heterocycles. The van der Waals surface area contributed by atoms with E-state index in [9.17, 15) is 18.0 Å². The third-order valence-corrected chi connectivity index (χ3v) is 5.28. The van der Waals surface area contributed by atoms with Gasteiger partial charge < -0.3 is 15.1 Å². The number of hydrogen-bond acceptors (Lipinski definition) is 5. The first-order valence-electron chi connectivity index (χ1n) is 8.69. The molecule has 1 heterocycles. The van der Waals surface area contributed by atoms with E-state index < -0.39 is 15.9 Å². The first-order valence-corrected chi connectivity index (χ1v) is 10.2. The van der Waals surface area contributed by atoms with Gasteiger partial charge in [-0.2, -0.15) is 0 Å². The summed E-state index contributed by atoms with van der Waals surface area (Å²) >= 11 is 0. The number of anilines is 1. The van der Waals surface area contributed by atoms with E-state index in [-0.39, 0.29) is 35.1 Å². The van der Waals surface area contributed by atoms with Gasteiger partial charge >= 0.3 is 0 Å². The monoisotopic (exact) mass is 413 g/mol. The molecule has 3 N–H and O–H groups in total. The lowest BCUT2D eigenvalue weighted by Crippen LogP contribution is -2.36. The van der Waals surface area contributed by atoms with Crippen LogP contribution in [0.3, 0.4) is 0 Å². The smallest absolute Gasteiger partial charge is 0.261 e. The number of carbonyl (C=O) groups is 2. The number of nitrogens with one attached hydrogen (secondary N) is 3. The van der Waals surface area contributed by atoms with Crippen molar-refractivity contribution in [2.75, 3.05) is 11.3 Å². The number of carbonyl (C=O) groups excluding carboxylic acids is 2. The molecule has 2 aromatic carbocycles. The van der Waals surface area contributed by atoms with Crippen LogP contribution >= 0.6 is 0 Å². The van der Waals surface area contributed by atoms with E-state index in [2.05, 4.69) is 15.4 Å². The predicted octanol–water partition coefficient (Wildman–Crippen LogP) is 2.13. The summed E-state index contributed by atoms with van der Waals surface area (Å²) in [6.07, 6.45) is 1.50. The number of rotatable bonds is 8. The largest absolute Gasteiger partial charge is 0.467 e. The lowest BCUT2D eigenvalue weighted by molar-refractivity contribution is -0.120. The fraction of sp³-hybridized carbons (Fsp3) is 0.100. The van der Waals surface area contributed by atoms with Crippen molar-refractivity contribution < 1.29 is 22.4 Å². The molecule has 0 unspecified atom stereocenters. The highest BCUT2D eigenvalue weighted by Crippen LogP contribution is 2.17. The molecular formula is C20H19N3O5S. The first kappa shape index (κ1) is 20.2. The Labute approximate surface area is 168 Å². The molecule has 9 heteroatoms. The van der Waals surface area contributed by atoms with Gasteiger partial charge in [-0.15, -0.1) is 0 Å². The van der Waals surface area contributed by atoms with Crippen molar-refractivity contribution in [2.24, 2.45) is 0 Å². The van der Waals surface area contributed by atoms with Crippen LogP contribution in [0.15, 0.2) is 82.3 Å². The zero-order valence-corrected chi connectivity index (χ0v) is 16.1. The highest BCUT2D eigenvalue weighted by molar-refractivity contribution is 7.92. The molecule has 0 saturated carbocycles.